The second kappa shape index (κ2) is 4.94. The molecule has 0 radical (unpaired) electrons. The first-order valence-electron chi connectivity index (χ1n) is 7.26. The number of rotatable bonds is 4. The third-order valence-electron chi connectivity index (χ3n) is 5.07. The average Bonchev–Trinajstić information content (AvgIpc) is 3.00. The minimum absolute atomic E-state index is 0.210. The molecule has 2 aliphatic carbocycles. The Morgan fingerprint density at radius 2 is 2.12 bits per heavy atom. The minimum atomic E-state index is -4.65. The van der Waals surface area contributed by atoms with E-state index in [1.807, 2.05) is 0 Å². The van der Waals surface area contributed by atoms with Gasteiger partial charge in [0.15, 0.2) is 11.5 Å². The van der Waals surface area contributed by atoms with E-state index in [2.05, 4.69) is 19.5 Å². The number of nitrogens with zero attached hydrogens (tertiary/aromatic N) is 4. The van der Waals surface area contributed by atoms with Crippen molar-refractivity contribution in [1.82, 2.24) is 19.5 Å². The summed E-state index contributed by atoms with van der Waals surface area (Å²) in [4.78, 5) is 29.9. The smallest absolute Gasteiger partial charge is 0.390 e. The van der Waals surface area contributed by atoms with E-state index in [9.17, 15) is 14.8 Å². The molecule has 2 aromatic heterocycles. The summed E-state index contributed by atoms with van der Waals surface area (Å²) in [6, 6.07) is 0. The van der Waals surface area contributed by atoms with Crippen LogP contribution in [-0.2, 0) is 14.6 Å². The second-order valence-corrected chi connectivity index (χ2v) is 7.47. The number of phosphoric acid groups is 1. The van der Waals surface area contributed by atoms with Crippen LogP contribution >= 0.6 is 7.82 Å². The molecule has 0 spiro atoms. The normalized spacial score (nSPS) is 35.3. The SMILES string of the molecule is Nc1ncnc2c1ncn2[C@@]12C[C@H]1[C@H](COP(=O)(O)O)[C@@H](O)[C@H]2O. The average molecular weight is 357 g/mol. The van der Waals surface area contributed by atoms with Crippen LogP contribution < -0.4 is 5.73 Å². The van der Waals surface area contributed by atoms with Gasteiger partial charge in [-0.05, 0) is 12.3 Å². The molecule has 0 aliphatic heterocycles. The summed E-state index contributed by atoms with van der Waals surface area (Å²) in [6.07, 6.45) is 0.970. The molecule has 0 saturated heterocycles. The maximum atomic E-state index is 10.9. The number of aliphatic hydroxyl groups is 2. The number of hydrogen-bond acceptors (Lipinski definition) is 8. The van der Waals surface area contributed by atoms with Gasteiger partial charge in [0.1, 0.15) is 17.9 Å². The third-order valence-corrected chi connectivity index (χ3v) is 5.55. The van der Waals surface area contributed by atoms with Gasteiger partial charge in [0.25, 0.3) is 0 Å². The number of fused-ring (bicyclic) bond motifs is 2. The molecule has 130 valence electrons. The molecule has 24 heavy (non-hydrogen) atoms. The molecule has 5 atom stereocenters. The maximum Gasteiger partial charge on any atom is 0.469 e. The van der Waals surface area contributed by atoms with Crippen LogP contribution in [0, 0.1) is 11.8 Å². The number of aliphatic hydroxyl groups excluding tert-OH is 2. The Balaban J connectivity index is 1.69. The number of phosphoric ester groups is 1. The van der Waals surface area contributed by atoms with Gasteiger partial charge in [-0.3, -0.25) is 4.52 Å². The van der Waals surface area contributed by atoms with E-state index in [1.165, 1.54) is 12.7 Å². The Morgan fingerprint density at radius 3 is 2.83 bits per heavy atom. The Bertz CT molecular complexity index is 854. The Kier molecular flexibility index (Phi) is 3.27. The fourth-order valence-corrected chi connectivity index (χ4v) is 4.26. The van der Waals surface area contributed by atoms with Crippen molar-refractivity contribution in [2.75, 3.05) is 12.3 Å². The van der Waals surface area contributed by atoms with Crippen molar-refractivity contribution in [3.8, 4) is 0 Å². The van der Waals surface area contributed by atoms with E-state index in [1.54, 1.807) is 4.57 Å². The number of hydrogen-bond donors (Lipinski definition) is 5. The first-order valence-corrected chi connectivity index (χ1v) is 8.79. The zero-order valence-corrected chi connectivity index (χ0v) is 13.2. The van der Waals surface area contributed by atoms with E-state index in [0.717, 1.165) is 0 Å². The van der Waals surface area contributed by atoms with E-state index in [-0.39, 0.29) is 18.3 Å². The Labute approximate surface area is 135 Å². The highest BCUT2D eigenvalue weighted by molar-refractivity contribution is 7.46. The van der Waals surface area contributed by atoms with E-state index >= 15 is 0 Å². The van der Waals surface area contributed by atoms with Crippen LogP contribution in [-0.4, -0.2) is 58.3 Å². The molecular formula is C12H16N5O6P. The molecule has 0 unspecified atom stereocenters. The highest BCUT2D eigenvalue weighted by Gasteiger charge is 2.72. The molecule has 2 saturated carbocycles. The summed E-state index contributed by atoms with van der Waals surface area (Å²) in [5.41, 5.74) is 5.76. The van der Waals surface area contributed by atoms with Crippen molar-refractivity contribution in [3.05, 3.63) is 12.7 Å². The topological polar surface area (TPSA) is 177 Å². The molecule has 2 aliphatic rings. The summed E-state index contributed by atoms with van der Waals surface area (Å²) >= 11 is 0. The van der Waals surface area contributed by atoms with Crippen molar-refractivity contribution in [1.29, 1.82) is 0 Å². The summed E-state index contributed by atoms with van der Waals surface area (Å²) in [7, 11) is -4.65. The molecule has 12 heteroatoms. The largest absolute Gasteiger partial charge is 0.469 e. The molecule has 11 nitrogen and oxygen atoms in total. The lowest BCUT2D eigenvalue weighted by atomic mass is 10.0. The first-order chi connectivity index (χ1) is 11.3. The highest BCUT2D eigenvalue weighted by Crippen LogP contribution is 2.65. The molecule has 6 N–H and O–H groups in total. The summed E-state index contributed by atoms with van der Waals surface area (Å²) < 4.78 is 17.1. The lowest BCUT2D eigenvalue weighted by Crippen LogP contribution is -2.39. The Morgan fingerprint density at radius 1 is 1.38 bits per heavy atom. The van der Waals surface area contributed by atoms with Gasteiger partial charge in [-0.25, -0.2) is 19.5 Å². The van der Waals surface area contributed by atoms with Gasteiger partial charge >= 0.3 is 7.82 Å². The zero-order chi connectivity index (χ0) is 17.3. The van der Waals surface area contributed by atoms with Crippen molar-refractivity contribution < 1.29 is 29.1 Å². The number of nitrogen functional groups attached to an aromatic ring is 1. The molecule has 0 amide bonds. The monoisotopic (exact) mass is 357 g/mol. The van der Waals surface area contributed by atoms with Crippen LogP contribution in [0.5, 0.6) is 0 Å². The van der Waals surface area contributed by atoms with Crippen LogP contribution in [0.2, 0.25) is 0 Å². The molecule has 4 rings (SSSR count). The van der Waals surface area contributed by atoms with Gasteiger partial charge in [-0.2, -0.15) is 0 Å². The number of anilines is 1. The summed E-state index contributed by atoms with van der Waals surface area (Å²) in [5, 5.41) is 20.8. The van der Waals surface area contributed by atoms with Crippen LogP contribution in [0.1, 0.15) is 6.42 Å². The minimum Gasteiger partial charge on any atom is -0.390 e. The van der Waals surface area contributed by atoms with Gasteiger partial charge in [-0.15, -0.1) is 0 Å². The van der Waals surface area contributed by atoms with Crippen molar-refractivity contribution >= 4 is 24.8 Å². The highest BCUT2D eigenvalue weighted by atomic mass is 31.2. The van der Waals surface area contributed by atoms with Gasteiger partial charge in [0, 0.05) is 5.92 Å². The lowest BCUT2D eigenvalue weighted by Gasteiger charge is -2.24. The van der Waals surface area contributed by atoms with Crippen LogP contribution in [0.15, 0.2) is 12.7 Å². The standard InChI is InChI=1S/C12H16N5O6P/c13-10-7-11(15-3-14-10)17(4-16-7)12-1-6(12)5(8(18)9(12)19)2-23-24(20,21)22/h3-6,8-9,18-19H,1-2H2,(H2,13,14,15)(H2,20,21,22)/t5-,6-,8+,9+,12-/m0/s1. The first kappa shape index (κ1) is 15.9. The number of imidazole rings is 1. The van der Waals surface area contributed by atoms with Gasteiger partial charge in [0.2, 0.25) is 0 Å². The van der Waals surface area contributed by atoms with Crippen LogP contribution in [0.3, 0.4) is 0 Å². The van der Waals surface area contributed by atoms with E-state index < -0.39 is 31.5 Å². The predicted molar refractivity (Wildman–Crippen MR) is 79.3 cm³/mol. The van der Waals surface area contributed by atoms with Crippen molar-refractivity contribution in [3.63, 3.8) is 0 Å². The Hall–Kier alpha value is -1.62. The third kappa shape index (κ3) is 2.10. The molecule has 2 heterocycles. The molecular weight excluding hydrogens is 341 g/mol. The quantitative estimate of drug-likeness (QED) is 0.408. The van der Waals surface area contributed by atoms with E-state index in [0.29, 0.717) is 17.6 Å². The summed E-state index contributed by atoms with van der Waals surface area (Å²) in [5.74, 6) is -0.617. The number of nitrogens with two attached hydrogens (primary N) is 1. The molecule has 0 bridgehead atoms. The van der Waals surface area contributed by atoms with Gasteiger partial charge in [0.05, 0.1) is 24.6 Å². The molecule has 2 fully saturated rings. The van der Waals surface area contributed by atoms with Crippen molar-refractivity contribution in [2.45, 2.75) is 24.2 Å². The van der Waals surface area contributed by atoms with Gasteiger partial charge < -0.3 is 30.3 Å². The molecule has 0 aromatic carbocycles. The van der Waals surface area contributed by atoms with Crippen LogP contribution in [0.25, 0.3) is 11.2 Å². The fraction of sp³-hybridized carbons (Fsp3) is 0.583. The zero-order valence-electron chi connectivity index (χ0n) is 12.3. The predicted octanol–water partition coefficient (Wildman–Crippen LogP) is -1.42. The van der Waals surface area contributed by atoms with Gasteiger partial charge in [-0.1, -0.05) is 0 Å². The molecule has 2 aromatic rings. The number of aromatic nitrogens is 4. The van der Waals surface area contributed by atoms with Crippen molar-refractivity contribution in [2.24, 2.45) is 11.8 Å². The van der Waals surface area contributed by atoms with E-state index in [4.69, 9.17) is 15.5 Å². The lowest BCUT2D eigenvalue weighted by molar-refractivity contribution is -0.0270. The second-order valence-electron chi connectivity index (χ2n) is 6.23. The summed E-state index contributed by atoms with van der Waals surface area (Å²) in [6.45, 7) is -0.349. The maximum absolute atomic E-state index is 10.9. The van der Waals surface area contributed by atoms with Crippen LogP contribution in [0.4, 0.5) is 5.82 Å². The fourth-order valence-electron chi connectivity index (χ4n) is 3.90.